The van der Waals surface area contributed by atoms with E-state index in [-0.39, 0.29) is 10.8 Å². The lowest BCUT2D eigenvalue weighted by molar-refractivity contribution is -0.142. The fourth-order valence-corrected chi connectivity index (χ4v) is 4.47. The Bertz CT molecular complexity index is 1020. The number of halogens is 1. The van der Waals surface area contributed by atoms with E-state index < -0.39 is 0 Å². The molecule has 1 fully saturated rings. The Morgan fingerprint density at radius 1 is 1.16 bits per heavy atom. The second-order valence-corrected chi connectivity index (χ2v) is 8.84. The fraction of sp³-hybridized carbons (Fsp3) is 0.360. The van der Waals surface area contributed by atoms with Gasteiger partial charge in [-0.05, 0) is 62.1 Å². The molecule has 0 saturated carbocycles. The summed E-state index contributed by atoms with van der Waals surface area (Å²) in [6, 6.07) is 20.7. The van der Waals surface area contributed by atoms with Crippen molar-refractivity contribution < 1.29 is 14.3 Å². The van der Waals surface area contributed by atoms with Crippen LogP contribution in [0.15, 0.2) is 60.7 Å². The van der Waals surface area contributed by atoms with Gasteiger partial charge in [-0.1, -0.05) is 46.3 Å². The number of anilines is 1. The number of fused-ring (bicyclic) bond motifs is 1. The number of hydrogen-bond acceptors (Lipinski definition) is 5. The highest BCUT2D eigenvalue weighted by Crippen LogP contribution is 2.27. The maximum atomic E-state index is 11.8. The molecule has 1 aliphatic heterocycles. The van der Waals surface area contributed by atoms with Crippen molar-refractivity contribution in [3.05, 3.63) is 66.2 Å². The second-order valence-electron chi connectivity index (χ2n) is 7.73. The third kappa shape index (κ3) is 5.37. The van der Waals surface area contributed by atoms with Crippen molar-refractivity contribution in [2.45, 2.75) is 37.1 Å². The number of esters is 1. The van der Waals surface area contributed by atoms with E-state index in [4.69, 9.17) is 14.5 Å². The van der Waals surface area contributed by atoms with Gasteiger partial charge >= 0.3 is 5.97 Å². The number of benzene rings is 2. The topological polar surface area (TPSA) is 51.7 Å². The van der Waals surface area contributed by atoms with Crippen molar-refractivity contribution in [2.24, 2.45) is 0 Å². The zero-order chi connectivity index (χ0) is 21.6. The summed E-state index contributed by atoms with van der Waals surface area (Å²) in [4.78, 5) is 18.7. The first kappa shape index (κ1) is 21.6. The van der Waals surface area contributed by atoms with Crippen LogP contribution < -0.4 is 9.64 Å². The van der Waals surface area contributed by atoms with Crippen LogP contribution in [-0.2, 0) is 16.0 Å². The van der Waals surface area contributed by atoms with Gasteiger partial charge in [0.25, 0.3) is 0 Å². The van der Waals surface area contributed by atoms with Gasteiger partial charge in [-0.25, -0.2) is 4.98 Å². The normalized spacial score (nSPS) is 17.0. The maximum absolute atomic E-state index is 11.8. The average molecular weight is 483 g/mol. The van der Waals surface area contributed by atoms with E-state index in [0.29, 0.717) is 25.7 Å². The van der Waals surface area contributed by atoms with Crippen molar-refractivity contribution >= 4 is 38.6 Å². The van der Waals surface area contributed by atoms with Crippen molar-refractivity contribution in [3.8, 4) is 5.75 Å². The molecule has 0 radical (unpaired) electrons. The highest BCUT2D eigenvalue weighted by molar-refractivity contribution is 9.10. The fourth-order valence-electron chi connectivity index (χ4n) is 3.96. The van der Waals surface area contributed by atoms with Crippen LogP contribution in [0.1, 0.15) is 25.3 Å². The summed E-state index contributed by atoms with van der Waals surface area (Å²) >= 11 is 3.40. The summed E-state index contributed by atoms with van der Waals surface area (Å²) in [5.41, 5.74) is 2.08. The summed E-state index contributed by atoms with van der Waals surface area (Å²) in [6.07, 6.45) is 2.82. The predicted molar refractivity (Wildman–Crippen MR) is 127 cm³/mol. The number of carbonyl (C=O) groups is 1. The van der Waals surface area contributed by atoms with E-state index in [1.54, 1.807) is 0 Å². The number of ether oxygens (including phenoxy) is 2. The number of carbonyl (C=O) groups excluding carboxylic acids is 1. The molecule has 4 rings (SSSR count). The number of nitrogens with zero attached hydrogens (tertiary/aromatic N) is 2. The minimum atomic E-state index is -0.333. The van der Waals surface area contributed by atoms with Crippen molar-refractivity contribution in [2.75, 3.05) is 24.7 Å². The van der Waals surface area contributed by atoms with Gasteiger partial charge in [0.1, 0.15) is 23.0 Å². The van der Waals surface area contributed by atoms with E-state index in [9.17, 15) is 4.79 Å². The van der Waals surface area contributed by atoms with Crippen LogP contribution in [0, 0.1) is 0 Å². The van der Waals surface area contributed by atoms with E-state index in [1.807, 2.05) is 43.3 Å². The summed E-state index contributed by atoms with van der Waals surface area (Å²) in [6.45, 7) is 3.82. The third-order valence-corrected chi connectivity index (χ3v) is 6.28. The molecular weight excluding hydrogens is 456 g/mol. The number of para-hydroxylation sites is 1. The molecule has 0 aliphatic carbocycles. The number of alkyl halides is 1. The molecule has 162 valence electrons. The smallest absolute Gasteiger partial charge is 0.320 e. The second kappa shape index (κ2) is 10.1. The minimum absolute atomic E-state index is 0.230. The van der Waals surface area contributed by atoms with Crippen LogP contribution in [0.3, 0.4) is 0 Å². The van der Waals surface area contributed by atoms with Crippen LogP contribution in [0.5, 0.6) is 5.75 Å². The van der Waals surface area contributed by atoms with Crippen molar-refractivity contribution in [1.82, 2.24) is 4.98 Å². The Kier molecular flexibility index (Phi) is 7.07. The highest BCUT2D eigenvalue weighted by atomic mass is 79.9. The van der Waals surface area contributed by atoms with Gasteiger partial charge in [-0.15, -0.1) is 0 Å². The highest BCUT2D eigenvalue weighted by Gasteiger charge is 2.26. The van der Waals surface area contributed by atoms with Gasteiger partial charge in [0.05, 0.1) is 18.2 Å². The van der Waals surface area contributed by atoms with Crippen molar-refractivity contribution in [3.63, 3.8) is 0 Å². The van der Waals surface area contributed by atoms with E-state index in [2.05, 4.69) is 45.1 Å². The van der Waals surface area contributed by atoms with Gasteiger partial charge in [0.15, 0.2) is 0 Å². The number of aromatic nitrogens is 1. The summed E-state index contributed by atoms with van der Waals surface area (Å²) < 4.78 is 11.1. The van der Waals surface area contributed by atoms with Crippen LogP contribution in [0.25, 0.3) is 10.9 Å². The molecule has 31 heavy (non-hydrogen) atoms. The van der Waals surface area contributed by atoms with Crippen LogP contribution >= 0.6 is 15.9 Å². The first-order valence-corrected chi connectivity index (χ1v) is 11.7. The number of rotatable bonds is 8. The monoisotopic (exact) mass is 482 g/mol. The standard InChI is InChI=1S/C25H27BrN2O3/c1-2-30-25(29)22(26)16-18-9-12-21(13-10-18)31-17-20-7-5-15-28(20)24-14-11-19-6-3-4-8-23(19)27-24/h3-4,6,8-14,20,22H,2,5,7,15-17H2,1H3/t20-,22?/m0/s1. The molecule has 1 aromatic heterocycles. The Balaban J connectivity index is 1.35. The molecule has 2 aromatic carbocycles. The van der Waals surface area contributed by atoms with Gasteiger partial charge in [-0.3, -0.25) is 4.79 Å². The molecule has 0 spiro atoms. The Labute approximate surface area is 191 Å². The lowest BCUT2D eigenvalue weighted by Gasteiger charge is -2.26. The van der Waals surface area contributed by atoms with E-state index >= 15 is 0 Å². The molecule has 1 unspecified atom stereocenters. The van der Waals surface area contributed by atoms with E-state index in [1.165, 1.54) is 0 Å². The number of hydrogen-bond donors (Lipinski definition) is 0. The molecular formula is C25H27BrN2O3. The Morgan fingerprint density at radius 3 is 2.77 bits per heavy atom. The molecule has 1 aliphatic rings. The van der Waals surface area contributed by atoms with Gasteiger partial charge < -0.3 is 14.4 Å². The molecule has 2 heterocycles. The zero-order valence-electron chi connectivity index (χ0n) is 17.7. The average Bonchev–Trinajstić information content (AvgIpc) is 3.27. The first-order chi connectivity index (χ1) is 15.1. The molecule has 3 aromatic rings. The molecule has 2 atom stereocenters. The summed E-state index contributed by atoms with van der Waals surface area (Å²) in [7, 11) is 0. The largest absolute Gasteiger partial charge is 0.491 e. The molecule has 5 nitrogen and oxygen atoms in total. The van der Waals surface area contributed by atoms with Crippen LogP contribution in [0.2, 0.25) is 0 Å². The van der Waals surface area contributed by atoms with Crippen molar-refractivity contribution in [1.29, 1.82) is 0 Å². The third-order valence-electron chi connectivity index (χ3n) is 5.58. The SMILES string of the molecule is CCOC(=O)C(Br)Cc1ccc(OC[C@@H]2CCCN2c2ccc3ccccc3n2)cc1. The first-order valence-electron chi connectivity index (χ1n) is 10.8. The van der Waals surface area contributed by atoms with Gasteiger partial charge in [0.2, 0.25) is 0 Å². The molecule has 1 saturated heterocycles. The summed E-state index contributed by atoms with van der Waals surface area (Å²) in [5.74, 6) is 1.62. The number of pyridine rings is 1. The van der Waals surface area contributed by atoms with Crippen LogP contribution in [-0.4, -0.2) is 41.6 Å². The van der Waals surface area contributed by atoms with E-state index in [0.717, 1.165) is 47.4 Å². The lowest BCUT2D eigenvalue weighted by Crippen LogP contribution is -2.34. The molecule has 0 bridgehead atoms. The maximum Gasteiger partial charge on any atom is 0.320 e. The molecule has 6 heteroatoms. The molecule has 0 N–H and O–H groups in total. The van der Waals surface area contributed by atoms with Gasteiger partial charge in [-0.2, -0.15) is 0 Å². The quantitative estimate of drug-likeness (QED) is 0.328. The minimum Gasteiger partial charge on any atom is -0.491 e. The van der Waals surface area contributed by atoms with Gasteiger partial charge in [0, 0.05) is 11.9 Å². The molecule has 0 amide bonds. The predicted octanol–water partition coefficient (Wildman–Crippen LogP) is 5.15. The summed E-state index contributed by atoms with van der Waals surface area (Å²) in [5, 5.41) is 1.16. The zero-order valence-corrected chi connectivity index (χ0v) is 19.3. The Morgan fingerprint density at radius 2 is 1.97 bits per heavy atom. The Hall–Kier alpha value is -2.60. The lowest BCUT2D eigenvalue weighted by atomic mass is 10.1. The van der Waals surface area contributed by atoms with Crippen LogP contribution in [0.4, 0.5) is 5.82 Å².